The van der Waals surface area contributed by atoms with E-state index in [0.717, 1.165) is 5.57 Å². The van der Waals surface area contributed by atoms with Crippen molar-refractivity contribution < 1.29 is 30.3 Å². The lowest BCUT2D eigenvalue weighted by Gasteiger charge is -2.40. The van der Waals surface area contributed by atoms with Crippen LogP contribution in [0.5, 0.6) is 0 Å². The molecule has 1 fully saturated rings. The summed E-state index contributed by atoms with van der Waals surface area (Å²) >= 11 is 0. The van der Waals surface area contributed by atoms with E-state index in [1.165, 1.54) is 17.2 Å². The topological polar surface area (TPSA) is 169 Å². The number of fused-ring (bicyclic) bond motifs is 1. The van der Waals surface area contributed by atoms with Crippen LogP contribution in [0, 0.1) is 0 Å². The first-order valence-corrected chi connectivity index (χ1v) is 8.90. The van der Waals surface area contributed by atoms with Crippen LogP contribution in [0.4, 0.5) is 0 Å². The lowest BCUT2D eigenvalue weighted by Crippen LogP contribution is -2.56. The van der Waals surface area contributed by atoms with E-state index in [2.05, 4.69) is 19.9 Å². The molecular weight excluding hydrogens is 370 g/mol. The molecule has 11 nitrogen and oxygen atoms in total. The molecule has 0 saturated carbocycles. The van der Waals surface area contributed by atoms with Crippen molar-refractivity contribution in [2.45, 2.75) is 50.5 Å². The first-order chi connectivity index (χ1) is 13.4. The number of H-pyrrole nitrogens is 1. The number of nitrogens with zero attached hydrogens (tertiary/aromatic N) is 4. The van der Waals surface area contributed by atoms with Gasteiger partial charge in [-0.15, -0.1) is 0 Å². The monoisotopic (exact) mass is 395 g/mol. The number of imidazole rings is 1. The van der Waals surface area contributed by atoms with Gasteiger partial charge < -0.3 is 35.3 Å². The molecule has 1 saturated heterocycles. The number of aliphatic hydroxyl groups is 5. The second-order valence-corrected chi connectivity index (χ2v) is 6.84. The molecule has 154 valence electrons. The molecule has 11 heteroatoms. The predicted octanol–water partition coefficient (Wildman–Crippen LogP) is -2.04. The van der Waals surface area contributed by atoms with Gasteiger partial charge >= 0.3 is 0 Å². The predicted molar refractivity (Wildman–Crippen MR) is 96.8 cm³/mol. The Hall–Kier alpha value is -2.15. The fourth-order valence-electron chi connectivity index (χ4n) is 3.17. The molecule has 3 heterocycles. The van der Waals surface area contributed by atoms with Crippen molar-refractivity contribution in [1.82, 2.24) is 19.5 Å². The number of aromatic amines is 1. The van der Waals surface area contributed by atoms with Gasteiger partial charge in [-0.2, -0.15) is 0 Å². The van der Waals surface area contributed by atoms with Crippen molar-refractivity contribution in [3.8, 4) is 0 Å². The van der Waals surface area contributed by atoms with Gasteiger partial charge in [0.1, 0.15) is 36.3 Å². The summed E-state index contributed by atoms with van der Waals surface area (Å²) < 4.78 is 6.98. The maximum Gasteiger partial charge on any atom is 0.177 e. The third kappa shape index (κ3) is 3.85. The molecular formula is C17H25N5O6. The molecule has 1 aliphatic rings. The molecule has 0 aliphatic carbocycles. The maximum absolute atomic E-state index is 10.4. The summed E-state index contributed by atoms with van der Waals surface area (Å²) in [5, 5.41) is 48.9. The van der Waals surface area contributed by atoms with Gasteiger partial charge in [0.05, 0.1) is 25.6 Å². The van der Waals surface area contributed by atoms with Crippen molar-refractivity contribution in [2.24, 2.45) is 4.99 Å². The van der Waals surface area contributed by atoms with Crippen LogP contribution in [0.15, 0.2) is 29.3 Å². The van der Waals surface area contributed by atoms with Gasteiger partial charge in [0.15, 0.2) is 17.4 Å². The standard InChI is InChI=1S/C17H25N5O6/c1-8(4-23)3-9(2)21-15-11-16(19-6-18-11)22(7-20-15)17-14(27)13(26)12(25)10(5-24)28-17/h3,6-7,9-10,12-14,17,23-27H,4-5H2,1-2H3,(H,18,19)/b8-3+,21-15?/t9?,10-,12-,13+,14-,17?/m1/s1. The van der Waals surface area contributed by atoms with Crippen LogP contribution in [0.1, 0.15) is 20.1 Å². The first-order valence-electron chi connectivity index (χ1n) is 8.90. The molecule has 0 radical (unpaired) electrons. The van der Waals surface area contributed by atoms with Gasteiger partial charge in [-0.1, -0.05) is 6.08 Å². The minimum atomic E-state index is -1.51. The summed E-state index contributed by atoms with van der Waals surface area (Å²) in [6.45, 7) is 3.06. The highest BCUT2D eigenvalue weighted by Gasteiger charge is 2.44. The Kier molecular flexibility index (Phi) is 6.23. The smallest absolute Gasteiger partial charge is 0.177 e. The molecule has 6 N–H and O–H groups in total. The van der Waals surface area contributed by atoms with Crippen LogP contribution in [-0.4, -0.2) is 88.7 Å². The van der Waals surface area contributed by atoms with E-state index in [4.69, 9.17) is 9.84 Å². The van der Waals surface area contributed by atoms with Crippen LogP contribution in [-0.2, 0) is 4.74 Å². The molecule has 6 atom stereocenters. The van der Waals surface area contributed by atoms with Gasteiger partial charge in [-0.25, -0.2) is 9.97 Å². The van der Waals surface area contributed by atoms with E-state index < -0.39 is 37.3 Å². The van der Waals surface area contributed by atoms with Gasteiger partial charge in [0, 0.05) is 0 Å². The van der Waals surface area contributed by atoms with E-state index in [0.29, 0.717) is 16.7 Å². The van der Waals surface area contributed by atoms with Crippen LogP contribution >= 0.6 is 0 Å². The molecule has 1 aliphatic heterocycles. The highest BCUT2D eigenvalue weighted by Crippen LogP contribution is 2.29. The molecule has 0 bridgehead atoms. The van der Waals surface area contributed by atoms with Crippen LogP contribution in [0.3, 0.4) is 0 Å². The fraction of sp³-hybridized carbons (Fsp3) is 0.588. The number of hydrogen-bond acceptors (Lipinski definition) is 9. The zero-order valence-electron chi connectivity index (χ0n) is 15.5. The molecule has 28 heavy (non-hydrogen) atoms. The second-order valence-electron chi connectivity index (χ2n) is 6.84. The molecule has 0 spiro atoms. The third-order valence-corrected chi connectivity index (χ3v) is 4.63. The number of aromatic nitrogens is 4. The zero-order valence-corrected chi connectivity index (χ0v) is 15.5. The highest BCUT2D eigenvalue weighted by atomic mass is 16.6. The number of ether oxygens (including phenoxy) is 1. The third-order valence-electron chi connectivity index (χ3n) is 4.63. The number of aliphatic hydroxyl groups excluding tert-OH is 5. The van der Waals surface area contributed by atoms with Gasteiger partial charge in [-0.05, 0) is 19.4 Å². The molecule has 2 aromatic heterocycles. The summed E-state index contributed by atoms with van der Waals surface area (Å²) in [5.74, 6) is 0. The summed E-state index contributed by atoms with van der Waals surface area (Å²) in [4.78, 5) is 16.0. The fourth-order valence-corrected chi connectivity index (χ4v) is 3.17. The average molecular weight is 395 g/mol. The van der Waals surface area contributed by atoms with Crippen molar-refractivity contribution in [3.63, 3.8) is 0 Å². The van der Waals surface area contributed by atoms with E-state index in [1.807, 2.05) is 13.0 Å². The molecule has 0 amide bonds. The highest BCUT2D eigenvalue weighted by molar-refractivity contribution is 5.68. The quantitative estimate of drug-likeness (QED) is 0.315. The van der Waals surface area contributed by atoms with Crippen molar-refractivity contribution >= 4 is 11.2 Å². The largest absolute Gasteiger partial charge is 0.394 e. The van der Waals surface area contributed by atoms with E-state index in [9.17, 15) is 20.4 Å². The maximum atomic E-state index is 10.4. The Morgan fingerprint density at radius 2 is 2.04 bits per heavy atom. The Morgan fingerprint density at radius 1 is 1.29 bits per heavy atom. The lowest BCUT2D eigenvalue weighted by atomic mass is 9.98. The Labute approximate surface area is 160 Å². The zero-order chi connectivity index (χ0) is 20.4. The molecule has 3 rings (SSSR count). The molecule has 0 aromatic carbocycles. The van der Waals surface area contributed by atoms with Crippen molar-refractivity contribution in [2.75, 3.05) is 13.2 Å². The SMILES string of the molecule is C/C(=C\C(C)N=c1ncn(C2O[C@H](CO)[C@@H](O)[C@H](O)[C@H]2O)c2nc[nH]c12)CO. The minimum Gasteiger partial charge on any atom is -0.394 e. The Balaban J connectivity index is 2.02. The van der Waals surface area contributed by atoms with E-state index in [1.54, 1.807) is 6.92 Å². The summed E-state index contributed by atoms with van der Waals surface area (Å²) in [7, 11) is 0. The van der Waals surface area contributed by atoms with E-state index in [-0.39, 0.29) is 12.6 Å². The summed E-state index contributed by atoms with van der Waals surface area (Å²) in [6.07, 6.45) is -1.96. The van der Waals surface area contributed by atoms with Crippen LogP contribution in [0.25, 0.3) is 11.2 Å². The van der Waals surface area contributed by atoms with E-state index >= 15 is 0 Å². The number of hydrogen-bond donors (Lipinski definition) is 6. The molecule has 2 aromatic rings. The average Bonchev–Trinajstić information content (AvgIpc) is 3.17. The van der Waals surface area contributed by atoms with Crippen LogP contribution < -0.4 is 5.49 Å². The Bertz CT molecular complexity index is 907. The van der Waals surface area contributed by atoms with Crippen LogP contribution in [0.2, 0.25) is 0 Å². The van der Waals surface area contributed by atoms with Gasteiger partial charge in [0.2, 0.25) is 0 Å². The minimum absolute atomic E-state index is 0.0569. The normalized spacial score (nSPS) is 30.8. The van der Waals surface area contributed by atoms with Gasteiger partial charge in [-0.3, -0.25) is 9.56 Å². The van der Waals surface area contributed by atoms with Crippen molar-refractivity contribution in [3.05, 3.63) is 29.8 Å². The number of nitrogens with one attached hydrogen (secondary N) is 1. The summed E-state index contributed by atoms with van der Waals surface area (Å²) in [5.41, 5.74) is 2.02. The number of rotatable bonds is 5. The second kappa shape index (κ2) is 8.47. The summed E-state index contributed by atoms with van der Waals surface area (Å²) in [6, 6.07) is -0.241. The Morgan fingerprint density at radius 3 is 2.71 bits per heavy atom. The van der Waals surface area contributed by atoms with Crippen molar-refractivity contribution in [1.29, 1.82) is 0 Å². The van der Waals surface area contributed by atoms with Gasteiger partial charge in [0.25, 0.3) is 0 Å². The molecule has 2 unspecified atom stereocenters. The lowest BCUT2D eigenvalue weighted by molar-refractivity contribution is -0.250. The first kappa shape index (κ1) is 20.6.